The van der Waals surface area contributed by atoms with Crippen molar-refractivity contribution in [2.45, 2.75) is 0 Å². The van der Waals surface area contributed by atoms with Crippen molar-refractivity contribution >= 4 is 50.4 Å². The number of nitrogens with zero attached hydrogens (tertiary/aromatic N) is 1. The Morgan fingerprint density at radius 3 is 2.55 bits per heavy atom. The molecule has 106 valence electrons. The molecule has 0 atom stereocenters. The van der Waals surface area contributed by atoms with Crippen LogP contribution in [0.1, 0.15) is 5.56 Å². The van der Waals surface area contributed by atoms with Gasteiger partial charge >= 0.3 is 10.1 Å². The van der Waals surface area contributed by atoms with Gasteiger partial charge in [0.25, 0.3) is 5.91 Å². The number of thiocarbonyl (C=S) groups is 1. The van der Waals surface area contributed by atoms with E-state index in [9.17, 15) is 13.2 Å². The highest BCUT2D eigenvalue weighted by Gasteiger charge is 2.29. The summed E-state index contributed by atoms with van der Waals surface area (Å²) >= 11 is 6.20. The normalized spacial score (nSPS) is 17.9. The van der Waals surface area contributed by atoms with Gasteiger partial charge in [-0.3, -0.25) is 9.69 Å². The molecule has 0 radical (unpaired) electrons. The number of amides is 1. The summed E-state index contributed by atoms with van der Waals surface area (Å²) in [4.78, 5) is 13.7. The van der Waals surface area contributed by atoms with Crippen molar-refractivity contribution in [1.82, 2.24) is 4.90 Å². The SMILES string of the molecule is CN1C(=O)/C(=C/c2ccccc2OS(C)(=O)=O)SC1=S. The third-order valence-electron chi connectivity index (χ3n) is 2.43. The second-order valence-corrected chi connectivity index (χ2v) is 7.32. The molecule has 0 N–H and O–H groups in total. The van der Waals surface area contributed by atoms with Crippen molar-refractivity contribution < 1.29 is 17.4 Å². The molecule has 0 unspecified atom stereocenters. The minimum Gasteiger partial charge on any atom is -0.382 e. The number of hydrogen-bond donors (Lipinski definition) is 0. The first-order valence-corrected chi connectivity index (χ1v) is 8.52. The molecular formula is C12H11NO4S3. The summed E-state index contributed by atoms with van der Waals surface area (Å²) in [5, 5.41) is 0. The molecule has 0 bridgehead atoms. The second-order valence-electron chi connectivity index (χ2n) is 4.07. The van der Waals surface area contributed by atoms with Crippen molar-refractivity contribution in [3.8, 4) is 5.75 Å². The zero-order chi connectivity index (χ0) is 14.9. The van der Waals surface area contributed by atoms with Crippen LogP contribution in [0, 0.1) is 0 Å². The van der Waals surface area contributed by atoms with Gasteiger partial charge in [-0.15, -0.1) is 0 Å². The largest absolute Gasteiger partial charge is 0.382 e. The molecule has 0 aromatic heterocycles. The summed E-state index contributed by atoms with van der Waals surface area (Å²) in [6.07, 6.45) is 2.54. The first-order chi connectivity index (χ1) is 9.28. The first-order valence-electron chi connectivity index (χ1n) is 5.48. The summed E-state index contributed by atoms with van der Waals surface area (Å²) in [5.74, 6) is -0.0365. The molecule has 5 nitrogen and oxygen atoms in total. The van der Waals surface area contributed by atoms with Crippen LogP contribution >= 0.6 is 24.0 Å². The van der Waals surface area contributed by atoms with Crippen molar-refractivity contribution in [3.63, 3.8) is 0 Å². The second kappa shape index (κ2) is 5.55. The predicted molar refractivity (Wildman–Crippen MR) is 82.8 cm³/mol. The van der Waals surface area contributed by atoms with Crippen LogP contribution in [0.5, 0.6) is 5.75 Å². The fourth-order valence-electron chi connectivity index (χ4n) is 1.53. The molecule has 1 saturated heterocycles. The monoisotopic (exact) mass is 329 g/mol. The van der Waals surface area contributed by atoms with E-state index in [0.29, 0.717) is 14.8 Å². The van der Waals surface area contributed by atoms with Gasteiger partial charge in [-0.2, -0.15) is 8.42 Å². The van der Waals surface area contributed by atoms with E-state index in [0.717, 1.165) is 6.26 Å². The lowest BCUT2D eigenvalue weighted by Crippen LogP contribution is -2.22. The third-order valence-corrected chi connectivity index (χ3v) is 4.40. The van der Waals surface area contributed by atoms with E-state index < -0.39 is 10.1 Å². The average molecular weight is 329 g/mol. The number of hydrogen-bond acceptors (Lipinski definition) is 6. The van der Waals surface area contributed by atoms with Crippen molar-refractivity contribution in [1.29, 1.82) is 0 Å². The lowest BCUT2D eigenvalue weighted by atomic mass is 10.2. The Bertz CT molecular complexity index is 709. The van der Waals surface area contributed by atoms with E-state index in [1.54, 1.807) is 31.3 Å². The van der Waals surface area contributed by atoms with Crippen LogP contribution in [-0.4, -0.2) is 36.8 Å². The molecule has 8 heteroatoms. The van der Waals surface area contributed by atoms with Crippen molar-refractivity contribution in [2.24, 2.45) is 0 Å². The lowest BCUT2D eigenvalue weighted by Gasteiger charge is -2.06. The molecule has 0 saturated carbocycles. The van der Waals surface area contributed by atoms with Gasteiger partial charge in [0, 0.05) is 12.6 Å². The zero-order valence-corrected chi connectivity index (χ0v) is 13.1. The van der Waals surface area contributed by atoms with Crippen molar-refractivity contribution in [3.05, 3.63) is 34.7 Å². The quantitative estimate of drug-likeness (QED) is 0.479. The molecule has 2 rings (SSSR count). The number of rotatable bonds is 3. The summed E-state index contributed by atoms with van der Waals surface area (Å²) in [6.45, 7) is 0. The minimum atomic E-state index is -3.63. The number of thioether (sulfide) groups is 1. The van der Waals surface area contributed by atoms with E-state index >= 15 is 0 Å². The van der Waals surface area contributed by atoms with Crippen LogP contribution in [0.4, 0.5) is 0 Å². The molecule has 1 heterocycles. The highest BCUT2D eigenvalue weighted by atomic mass is 32.2. The summed E-state index contributed by atoms with van der Waals surface area (Å²) in [7, 11) is -2.03. The molecule has 1 aliphatic heterocycles. The minimum absolute atomic E-state index is 0.177. The molecule has 1 aliphatic rings. The Labute approximate surface area is 126 Å². The lowest BCUT2D eigenvalue weighted by molar-refractivity contribution is -0.121. The van der Waals surface area contributed by atoms with Crippen LogP contribution in [0.3, 0.4) is 0 Å². The summed E-state index contributed by atoms with van der Waals surface area (Å²) in [5.41, 5.74) is 0.506. The van der Waals surface area contributed by atoms with Gasteiger partial charge in [0.1, 0.15) is 10.1 Å². The van der Waals surface area contributed by atoms with Gasteiger partial charge in [0.15, 0.2) is 0 Å². The Morgan fingerprint density at radius 2 is 2.00 bits per heavy atom. The average Bonchev–Trinajstić information content (AvgIpc) is 2.58. The van der Waals surface area contributed by atoms with E-state index in [2.05, 4.69) is 0 Å². The van der Waals surface area contributed by atoms with Crippen LogP contribution < -0.4 is 4.18 Å². The van der Waals surface area contributed by atoms with Crippen LogP contribution in [0.2, 0.25) is 0 Å². The summed E-state index contributed by atoms with van der Waals surface area (Å²) < 4.78 is 27.8. The number of benzene rings is 1. The van der Waals surface area contributed by atoms with Crippen molar-refractivity contribution in [2.75, 3.05) is 13.3 Å². The third kappa shape index (κ3) is 3.38. The maximum Gasteiger partial charge on any atom is 0.306 e. The molecule has 1 aromatic carbocycles. The van der Waals surface area contributed by atoms with E-state index in [1.165, 1.54) is 22.7 Å². The molecule has 1 aromatic rings. The van der Waals surface area contributed by atoms with Gasteiger partial charge in [0.05, 0.1) is 11.2 Å². The number of carbonyl (C=O) groups is 1. The Hall–Kier alpha value is -1.38. The highest BCUT2D eigenvalue weighted by molar-refractivity contribution is 8.26. The maximum absolute atomic E-state index is 11.9. The first kappa shape index (κ1) is 15.0. The number of likely N-dealkylation sites (N-methyl/N-ethyl adjacent to an activating group) is 1. The Kier molecular flexibility index (Phi) is 4.17. The van der Waals surface area contributed by atoms with Crippen LogP contribution in [0.15, 0.2) is 29.2 Å². The topological polar surface area (TPSA) is 63.7 Å². The molecular weight excluding hydrogens is 318 g/mol. The van der Waals surface area contributed by atoms with Gasteiger partial charge in [-0.05, 0) is 12.1 Å². The fraction of sp³-hybridized carbons (Fsp3) is 0.167. The van der Waals surface area contributed by atoms with Crippen LogP contribution in [-0.2, 0) is 14.9 Å². The van der Waals surface area contributed by atoms with E-state index in [4.69, 9.17) is 16.4 Å². The number of carbonyl (C=O) groups excluding carboxylic acids is 1. The molecule has 1 fully saturated rings. The van der Waals surface area contributed by atoms with Gasteiger partial charge in [-0.25, -0.2) is 0 Å². The molecule has 20 heavy (non-hydrogen) atoms. The fourth-order valence-corrected chi connectivity index (χ4v) is 3.17. The predicted octanol–water partition coefficient (Wildman–Crippen LogP) is 1.86. The molecule has 1 amide bonds. The van der Waals surface area contributed by atoms with E-state index in [-0.39, 0.29) is 11.7 Å². The standard InChI is InChI=1S/C12H11NO4S3/c1-13-11(14)10(19-12(13)18)7-8-5-3-4-6-9(8)17-20(2,15)16/h3-7H,1-2H3/b10-7-. The maximum atomic E-state index is 11.9. The Morgan fingerprint density at radius 1 is 1.35 bits per heavy atom. The summed E-state index contributed by atoms with van der Waals surface area (Å²) in [6, 6.07) is 6.58. The van der Waals surface area contributed by atoms with Gasteiger partial charge < -0.3 is 4.18 Å². The highest BCUT2D eigenvalue weighted by Crippen LogP contribution is 2.33. The van der Waals surface area contributed by atoms with Gasteiger partial charge in [-0.1, -0.05) is 42.2 Å². The number of para-hydroxylation sites is 1. The zero-order valence-electron chi connectivity index (χ0n) is 10.7. The van der Waals surface area contributed by atoms with Gasteiger partial charge in [0.2, 0.25) is 0 Å². The smallest absolute Gasteiger partial charge is 0.306 e. The molecule has 0 aliphatic carbocycles. The Balaban J connectivity index is 2.40. The molecule has 0 spiro atoms. The van der Waals surface area contributed by atoms with Crippen LogP contribution in [0.25, 0.3) is 6.08 Å². The van der Waals surface area contributed by atoms with E-state index in [1.807, 2.05) is 0 Å².